The molecule has 2 fully saturated rings. The first-order chi connectivity index (χ1) is 10.9. The van der Waals surface area contributed by atoms with E-state index < -0.39 is 17.4 Å². The number of amides is 1. The van der Waals surface area contributed by atoms with Gasteiger partial charge in [0.1, 0.15) is 5.60 Å². The molecule has 1 saturated heterocycles. The Kier molecular flexibility index (Phi) is 4.38. The average Bonchev–Trinajstić information content (AvgIpc) is 2.99. The lowest BCUT2D eigenvalue weighted by molar-refractivity contribution is -0.216. The molecule has 1 aromatic carbocycles. The summed E-state index contributed by atoms with van der Waals surface area (Å²) in [5, 5.41) is 12.1. The predicted octanol–water partition coefficient (Wildman–Crippen LogP) is 2.43. The fraction of sp³-hybridized carbons (Fsp3) is 0.588. The molecular formula is C17H21F2NO3. The van der Waals surface area contributed by atoms with Gasteiger partial charge in [0, 0.05) is 19.1 Å². The van der Waals surface area contributed by atoms with Gasteiger partial charge >= 0.3 is 5.92 Å². The van der Waals surface area contributed by atoms with Crippen LogP contribution in [0.2, 0.25) is 0 Å². The number of rotatable bonds is 5. The Morgan fingerprint density at radius 2 is 2.04 bits per heavy atom. The SMILES string of the molecule is O=C(NC[C@H]1CCO[C@H]1c1ccccc1)C(F)(F)C1(O)CCC1. The van der Waals surface area contributed by atoms with E-state index in [1.54, 1.807) is 0 Å². The maximum Gasteiger partial charge on any atom is 0.352 e. The van der Waals surface area contributed by atoms with E-state index in [2.05, 4.69) is 5.32 Å². The molecular weight excluding hydrogens is 304 g/mol. The Labute approximate surface area is 133 Å². The summed E-state index contributed by atoms with van der Waals surface area (Å²) >= 11 is 0. The number of halogens is 2. The Hall–Kier alpha value is -1.53. The lowest BCUT2D eigenvalue weighted by Gasteiger charge is -2.41. The largest absolute Gasteiger partial charge is 0.383 e. The van der Waals surface area contributed by atoms with Crippen LogP contribution in [0.15, 0.2) is 30.3 Å². The molecule has 1 amide bonds. The van der Waals surface area contributed by atoms with E-state index >= 15 is 0 Å². The van der Waals surface area contributed by atoms with Crippen molar-refractivity contribution in [2.24, 2.45) is 5.92 Å². The molecule has 1 heterocycles. The summed E-state index contributed by atoms with van der Waals surface area (Å²) in [7, 11) is 0. The standard InChI is InChI=1S/C17H21F2NO3/c18-17(19,16(22)8-4-9-16)15(21)20-11-13-7-10-23-14(13)12-5-2-1-3-6-12/h1-3,5-6,13-14,22H,4,7-11H2,(H,20,21)/t13-,14+/m1/s1. The van der Waals surface area contributed by atoms with Crippen molar-refractivity contribution >= 4 is 5.91 Å². The fourth-order valence-corrected chi connectivity index (χ4v) is 3.23. The van der Waals surface area contributed by atoms with Gasteiger partial charge in [-0.2, -0.15) is 8.78 Å². The number of aliphatic hydroxyl groups is 1. The maximum atomic E-state index is 14.0. The van der Waals surface area contributed by atoms with E-state index in [0.29, 0.717) is 19.4 Å². The molecule has 4 nitrogen and oxygen atoms in total. The summed E-state index contributed by atoms with van der Waals surface area (Å²) in [6, 6.07) is 9.54. The normalized spacial score (nSPS) is 26.6. The molecule has 0 unspecified atom stereocenters. The van der Waals surface area contributed by atoms with Crippen LogP contribution in [-0.4, -0.2) is 35.7 Å². The van der Waals surface area contributed by atoms with Crippen LogP contribution in [0.3, 0.4) is 0 Å². The molecule has 0 aromatic heterocycles. The van der Waals surface area contributed by atoms with Gasteiger partial charge in [0.25, 0.3) is 5.91 Å². The summed E-state index contributed by atoms with van der Waals surface area (Å²) in [4.78, 5) is 11.8. The number of benzene rings is 1. The highest BCUT2D eigenvalue weighted by Crippen LogP contribution is 2.44. The molecule has 0 spiro atoms. The van der Waals surface area contributed by atoms with Crippen molar-refractivity contribution in [3.63, 3.8) is 0 Å². The van der Waals surface area contributed by atoms with E-state index in [1.807, 2.05) is 30.3 Å². The zero-order valence-corrected chi connectivity index (χ0v) is 12.8. The zero-order chi connectivity index (χ0) is 16.5. The molecule has 126 valence electrons. The van der Waals surface area contributed by atoms with E-state index in [1.165, 1.54) is 0 Å². The van der Waals surface area contributed by atoms with Gasteiger partial charge in [-0.15, -0.1) is 0 Å². The quantitative estimate of drug-likeness (QED) is 0.874. The van der Waals surface area contributed by atoms with Gasteiger partial charge in [-0.25, -0.2) is 0 Å². The number of nitrogens with one attached hydrogen (secondary N) is 1. The lowest BCUT2D eigenvalue weighted by Crippen LogP contribution is -2.61. The summed E-state index contributed by atoms with van der Waals surface area (Å²) in [5.41, 5.74) is -1.20. The molecule has 0 radical (unpaired) electrons. The number of alkyl halides is 2. The van der Waals surface area contributed by atoms with Crippen LogP contribution in [0, 0.1) is 5.92 Å². The molecule has 3 rings (SSSR count). The number of carbonyl (C=O) groups is 1. The van der Waals surface area contributed by atoms with Crippen LogP contribution in [0.5, 0.6) is 0 Å². The predicted molar refractivity (Wildman–Crippen MR) is 80.0 cm³/mol. The Morgan fingerprint density at radius 3 is 2.65 bits per heavy atom. The van der Waals surface area contributed by atoms with Gasteiger partial charge in [0.2, 0.25) is 0 Å². The van der Waals surface area contributed by atoms with Crippen LogP contribution in [-0.2, 0) is 9.53 Å². The summed E-state index contributed by atoms with van der Waals surface area (Å²) in [6.07, 6.45) is 0.956. The molecule has 23 heavy (non-hydrogen) atoms. The van der Waals surface area contributed by atoms with E-state index in [4.69, 9.17) is 4.74 Å². The zero-order valence-electron chi connectivity index (χ0n) is 12.8. The highest BCUT2D eigenvalue weighted by Gasteiger charge is 2.61. The number of ether oxygens (including phenoxy) is 1. The summed E-state index contributed by atoms with van der Waals surface area (Å²) < 4.78 is 33.8. The molecule has 1 saturated carbocycles. The average molecular weight is 325 g/mol. The van der Waals surface area contributed by atoms with Gasteiger partial charge in [0.05, 0.1) is 6.10 Å². The number of hydrogen-bond acceptors (Lipinski definition) is 3. The third kappa shape index (κ3) is 2.97. The van der Waals surface area contributed by atoms with Crippen molar-refractivity contribution in [1.82, 2.24) is 5.32 Å². The molecule has 0 bridgehead atoms. The Morgan fingerprint density at radius 1 is 1.35 bits per heavy atom. The molecule has 2 aliphatic rings. The van der Waals surface area contributed by atoms with Gasteiger partial charge in [-0.05, 0) is 31.2 Å². The van der Waals surface area contributed by atoms with Crippen molar-refractivity contribution in [1.29, 1.82) is 0 Å². The fourth-order valence-electron chi connectivity index (χ4n) is 3.23. The molecule has 2 N–H and O–H groups in total. The molecule has 1 aliphatic heterocycles. The van der Waals surface area contributed by atoms with Gasteiger partial charge in [-0.1, -0.05) is 30.3 Å². The number of carbonyl (C=O) groups excluding carboxylic acids is 1. The van der Waals surface area contributed by atoms with E-state index in [0.717, 1.165) is 5.56 Å². The van der Waals surface area contributed by atoms with Gasteiger partial charge in [-0.3, -0.25) is 4.79 Å². The lowest BCUT2D eigenvalue weighted by atomic mass is 9.75. The summed E-state index contributed by atoms with van der Waals surface area (Å²) in [6.45, 7) is 0.657. The number of hydrogen-bond donors (Lipinski definition) is 2. The van der Waals surface area contributed by atoms with Crippen molar-refractivity contribution < 1.29 is 23.4 Å². The Bertz CT molecular complexity index is 560. The molecule has 2 atom stereocenters. The second-order valence-corrected chi connectivity index (χ2v) is 6.42. The Balaban J connectivity index is 1.60. The van der Waals surface area contributed by atoms with Gasteiger partial charge < -0.3 is 15.2 Å². The first-order valence-electron chi connectivity index (χ1n) is 7.99. The monoisotopic (exact) mass is 325 g/mol. The first-order valence-corrected chi connectivity index (χ1v) is 7.99. The topological polar surface area (TPSA) is 58.6 Å². The van der Waals surface area contributed by atoms with E-state index in [9.17, 15) is 18.7 Å². The third-order valence-corrected chi connectivity index (χ3v) is 4.92. The molecule has 1 aromatic rings. The van der Waals surface area contributed by atoms with Crippen LogP contribution in [0.25, 0.3) is 0 Å². The summed E-state index contributed by atoms with van der Waals surface area (Å²) in [5.74, 6) is -5.18. The first kappa shape index (κ1) is 16.3. The van der Waals surface area contributed by atoms with Crippen molar-refractivity contribution in [2.75, 3.05) is 13.2 Å². The van der Waals surface area contributed by atoms with Crippen molar-refractivity contribution in [3.05, 3.63) is 35.9 Å². The van der Waals surface area contributed by atoms with Crippen LogP contribution in [0.4, 0.5) is 8.78 Å². The minimum atomic E-state index is -3.74. The second kappa shape index (κ2) is 6.17. The van der Waals surface area contributed by atoms with Crippen molar-refractivity contribution in [3.8, 4) is 0 Å². The smallest absolute Gasteiger partial charge is 0.352 e. The maximum absolute atomic E-state index is 14.0. The van der Waals surface area contributed by atoms with E-state index in [-0.39, 0.29) is 31.4 Å². The van der Waals surface area contributed by atoms with Crippen LogP contribution >= 0.6 is 0 Å². The highest BCUT2D eigenvalue weighted by molar-refractivity contribution is 5.85. The second-order valence-electron chi connectivity index (χ2n) is 6.42. The molecule has 6 heteroatoms. The minimum Gasteiger partial charge on any atom is -0.383 e. The van der Waals surface area contributed by atoms with Crippen LogP contribution < -0.4 is 5.32 Å². The van der Waals surface area contributed by atoms with Crippen molar-refractivity contribution in [2.45, 2.75) is 43.3 Å². The third-order valence-electron chi connectivity index (χ3n) is 4.92. The minimum absolute atomic E-state index is 0.0351. The molecule has 1 aliphatic carbocycles. The highest BCUT2D eigenvalue weighted by atomic mass is 19.3. The van der Waals surface area contributed by atoms with Crippen LogP contribution in [0.1, 0.15) is 37.4 Å². The van der Waals surface area contributed by atoms with Gasteiger partial charge in [0.15, 0.2) is 0 Å².